The van der Waals surface area contributed by atoms with Crippen LogP contribution in [0.1, 0.15) is 35.9 Å². The zero-order chi connectivity index (χ0) is 24.5. The van der Waals surface area contributed by atoms with Crippen molar-refractivity contribution in [1.82, 2.24) is 14.9 Å². The Hall–Kier alpha value is -3.29. The third kappa shape index (κ3) is 6.65. The molecule has 0 aliphatic heterocycles. The van der Waals surface area contributed by atoms with Crippen LogP contribution in [0.25, 0.3) is 0 Å². The summed E-state index contributed by atoms with van der Waals surface area (Å²) in [6, 6.07) is 23.6. The Kier molecular flexibility index (Phi) is 8.81. The highest BCUT2D eigenvalue weighted by atomic mass is 35.5. The smallest absolute Gasteiger partial charge is 0.212 e. The van der Waals surface area contributed by atoms with Gasteiger partial charge in [-0.3, -0.25) is 0 Å². The highest BCUT2D eigenvalue weighted by Crippen LogP contribution is 2.31. The third-order valence-electron chi connectivity index (χ3n) is 5.20. The Morgan fingerprint density at radius 1 is 0.971 bits per heavy atom. The first-order valence-corrected chi connectivity index (χ1v) is 12.7. The lowest BCUT2D eigenvalue weighted by Crippen LogP contribution is -2.03. The molecule has 1 heterocycles. The summed E-state index contributed by atoms with van der Waals surface area (Å²) in [5.41, 5.74) is 3.04. The van der Waals surface area contributed by atoms with Crippen LogP contribution in [0, 0.1) is 0 Å². The van der Waals surface area contributed by atoms with E-state index >= 15 is 0 Å². The molecule has 0 N–H and O–H groups in total. The average molecular weight is 507 g/mol. The van der Waals surface area contributed by atoms with Gasteiger partial charge in [0.2, 0.25) is 5.16 Å². The molecule has 4 aromatic rings. The van der Waals surface area contributed by atoms with Crippen molar-refractivity contribution in [2.75, 3.05) is 7.11 Å². The van der Waals surface area contributed by atoms with Crippen molar-refractivity contribution in [2.24, 2.45) is 5.10 Å². The number of methoxy groups -OCH3 is 1. The molecule has 0 aliphatic rings. The number of rotatable bonds is 11. The summed E-state index contributed by atoms with van der Waals surface area (Å²) < 4.78 is 13.5. The molecule has 0 amide bonds. The molecule has 8 heteroatoms. The molecule has 0 unspecified atom stereocenters. The van der Waals surface area contributed by atoms with Crippen LogP contribution in [0.4, 0.5) is 0 Å². The minimum atomic E-state index is 0.429. The number of thioether (sulfide) groups is 1. The van der Waals surface area contributed by atoms with Crippen molar-refractivity contribution < 1.29 is 9.47 Å². The average Bonchev–Trinajstić information content (AvgIpc) is 3.28. The molecule has 0 saturated heterocycles. The molecule has 0 aliphatic carbocycles. The molecule has 0 saturated carbocycles. The zero-order valence-electron chi connectivity index (χ0n) is 19.7. The number of hydrogen-bond donors (Lipinski definition) is 0. The van der Waals surface area contributed by atoms with Gasteiger partial charge < -0.3 is 9.47 Å². The number of hydrogen-bond acceptors (Lipinski definition) is 6. The largest absolute Gasteiger partial charge is 0.493 e. The zero-order valence-corrected chi connectivity index (χ0v) is 21.3. The molecule has 1 aromatic heterocycles. The predicted octanol–water partition coefficient (Wildman–Crippen LogP) is 6.65. The fourth-order valence-corrected chi connectivity index (χ4v) is 4.40. The fourth-order valence-electron chi connectivity index (χ4n) is 3.41. The maximum absolute atomic E-state index is 6.17. The van der Waals surface area contributed by atoms with Gasteiger partial charge in [0.05, 0.1) is 13.3 Å². The van der Waals surface area contributed by atoms with Gasteiger partial charge in [-0.1, -0.05) is 78.8 Å². The maximum Gasteiger partial charge on any atom is 0.212 e. The topological polar surface area (TPSA) is 61.5 Å². The second kappa shape index (κ2) is 12.4. The molecule has 35 heavy (non-hydrogen) atoms. The lowest BCUT2D eigenvalue weighted by molar-refractivity contribution is 0.284. The van der Waals surface area contributed by atoms with Crippen LogP contribution in [0.3, 0.4) is 0 Å². The van der Waals surface area contributed by atoms with E-state index in [9.17, 15) is 0 Å². The van der Waals surface area contributed by atoms with Crippen LogP contribution in [-0.2, 0) is 18.8 Å². The molecule has 3 aromatic carbocycles. The number of aryl methyl sites for hydroxylation is 1. The summed E-state index contributed by atoms with van der Waals surface area (Å²) in [7, 11) is 1.64. The van der Waals surface area contributed by atoms with E-state index in [4.69, 9.17) is 26.2 Å². The van der Waals surface area contributed by atoms with E-state index in [1.54, 1.807) is 25.1 Å². The number of nitrogens with zero attached hydrogens (tertiary/aromatic N) is 4. The van der Waals surface area contributed by atoms with Gasteiger partial charge in [0.15, 0.2) is 17.3 Å². The summed E-state index contributed by atoms with van der Waals surface area (Å²) in [5.74, 6) is 2.85. The van der Waals surface area contributed by atoms with Crippen molar-refractivity contribution in [3.8, 4) is 11.5 Å². The highest BCUT2D eigenvalue weighted by Gasteiger charge is 2.14. The van der Waals surface area contributed by atoms with Gasteiger partial charge in [-0.05, 0) is 41.8 Å². The summed E-state index contributed by atoms with van der Waals surface area (Å²) in [5, 5.41) is 15.0. The van der Waals surface area contributed by atoms with E-state index < -0.39 is 0 Å². The SMILES string of the molecule is CCCc1nnc(SCc2ccc(Cl)cc2)n1/N=C/c1cccc(OC)c1OCc1ccccc1. The van der Waals surface area contributed by atoms with Crippen LogP contribution in [0.2, 0.25) is 5.02 Å². The van der Waals surface area contributed by atoms with E-state index in [0.717, 1.165) is 51.3 Å². The van der Waals surface area contributed by atoms with E-state index in [0.29, 0.717) is 18.1 Å². The summed E-state index contributed by atoms with van der Waals surface area (Å²) >= 11 is 7.60. The first-order valence-electron chi connectivity index (χ1n) is 11.4. The van der Waals surface area contributed by atoms with E-state index in [-0.39, 0.29) is 0 Å². The third-order valence-corrected chi connectivity index (χ3v) is 6.44. The minimum absolute atomic E-state index is 0.429. The molecule has 180 valence electrons. The van der Waals surface area contributed by atoms with Crippen LogP contribution in [0.5, 0.6) is 11.5 Å². The molecule has 0 radical (unpaired) electrons. The lowest BCUT2D eigenvalue weighted by atomic mass is 10.2. The van der Waals surface area contributed by atoms with Crippen LogP contribution < -0.4 is 9.47 Å². The number of ether oxygens (including phenoxy) is 2. The summed E-state index contributed by atoms with van der Waals surface area (Å²) in [6.07, 6.45) is 3.50. The van der Waals surface area contributed by atoms with Gasteiger partial charge in [-0.2, -0.15) is 9.78 Å². The van der Waals surface area contributed by atoms with E-state index in [2.05, 4.69) is 17.1 Å². The highest BCUT2D eigenvalue weighted by molar-refractivity contribution is 7.98. The molecule has 0 atom stereocenters. The lowest BCUT2D eigenvalue weighted by Gasteiger charge is -2.13. The molecule has 4 rings (SSSR count). The summed E-state index contributed by atoms with van der Waals surface area (Å²) in [4.78, 5) is 0. The van der Waals surface area contributed by atoms with Crippen molar-refractivity contribution >= 4 is 29.6 Å². The Bertz CT molecular complexity index is 1260. The number of benzene rings is 3. The van der Waals surface area contributed by atoms with Crippen molar-refractivity contribution in [1.29, 1.82) is 0 Å². The first-order chi connectivity index (χ1) is 17.2. The minimum Gasteiger partial charge on any atom is -0.493 e. The van der Waals surface area contributed by atoms with Gasteiger partial charge in [0.1, 0.15) is 6.61 Å². The molecular weight excluding hydrogens is 480 g/mol. The van der Waals surface area contributed by atoms with Gasteiger partial charge in [0.25, 0.3) is 0 Å². The monoisotopic (exact) mass is 506 g/mol. The molecule has 0 fully saturated rings. The second-order valence-corrected chi connectivity index (χ2v) is 9.15. The first kappa shape index (κ1) is 24.8. The van der Waals surface area contributed by atoms with Crippen molar-refractivity contribution in [2.45, 2.75) is 37.3 Å². The number of halogens is 1. The molecule has 6 nitrogen and oxygen atoms in total. The van der Waals surface area contributed by atoms with Crippen LogP contribution in [0.15, 0.2) is 83.1 Å². The Labute approximate surface area is 215 Å². The van der Waals surface area contributed by atoms with Gasteiger partial charge in [-0.15, -0.1) is 10.2 Å². The van der Waals surface area contributed by atoms with Crippen molar-refractivity contribution in [3.63, 3.8) is 0 Å². The Balaban J connectivity index is 1.58. The second-order valence-electron chi connectivity index (χ2n) is 7.77. The molecule has 0 bridgehead atoms. The standard InChI is InChI=1S/C27H27ClN4O2S/c1-3-8-25-30-31-27(35-19-21-13-15-23(28)16-14-21)32(25)29-17-22-11-7-12-24(33-2)26(22)34-18-20-9-5-4-6-10-20/h4-7,9-17H,3,8,18-19H2,1-2H3/b29-17+. The quantitative estimate of drug-likeness (QED) is 0.168. The normalized spacial score (nSPS) is 11.2. The van der Waals surface area contributed by atoms with Gasteiger partial charge in [0, 0.05) is 22.8 Å². The fraction of sp³-hybridized carbons (Fsp3) is 0.222. The summed E-state index contributed by atoms with van der Waals surface area (Å²) in [6.45, 7) is 2.54. The van der Waals surface area contributed by atoms with Crippen molar-refractivity contribution in [3.05, 3.63) is 100 Å². The van der Waals surface area contributed by atoms with Crippen LogP contribution in [-0.4, -0.2) is 28.2 Å². The van der Waals surface area contributed by atoms with E-state index in [1.807, 2.05) is 77.5 Å². The number of para-hydroxylation sites is 1. The van der Waals surface area contributed by atoms with Gasteiger partial charge in [-0.25, -0.2) is 0 Å². The molecular formula is C27H27ClN4O2S. The number of aromatic nitrogens is 3. The Morgan fingerprint density at radius 3 is 2.51 bits per heavy atom. The Morgan fingerprint density at radius 2 is 1.77 bits per heavy atom. The van der Waals surface area contributed by atoms with E-state index in [1.165, 1.54) is 0 Å². The van der Waals surface area contributed by atoms with Crippen LogP contribution >= 0.6 is 23.4 Å². The van der Waals surface area contributed by atoms with Gasteiger partial charge >= 0.3 is 0 Å². The maximum atomic E-state index is 6.17. The predicted molar refractivity (Wildman–Crippen MR) is 142 cm³/mol. The molecule has 0 spiro atoms.